The van der Waals surface area contributed by atoms with Crippen molar-refractivity contribution in [2.45, 2.75) is 158 Å². The summed E-state index contributed by atoms with van der Waals surface area (Å²) in [7, 11) is 0. The largest absolute Gasteiger partial charge is 0.352 e. The fourth-order valence-electron chi connectivity index (χ4n) is 8.51. The van der Waals surface area contributed by atoms with Crippen molar-refractivity contribution in [3.8, 4) is 0 Å². The van der Waals surface area contributed by atoms with Crippen LogP contribution in [-0.2, 0) is 24.0 Å². The number of amides is 6. The smallest absolute Gasteiger partial charge is 0.315 e. The maximum Gasteiger partial charge on any atom is 0.315 e. The zero-order chi connectivity index (χ0) is 39.0. The van der Waals surface area contributed by atoms with Crippen LogP contribution in [0.2, 0.25) is 0 Å². The van der Waals surface area contributed by atoms with E-state index in [0.717, 1.165) is 19.3 Å². The fourth-order valence-corrected chi connectivity index (χ4v) is 8.51. The van der Waals surface area contributed by atoms with E-state index < -0.39 is 64.2 Å². The second-order valence-corrected chi connectivity index (χ2v) is 18.6. The lowest BCUT2D eigenvalue weighted by Gasteiger charge is -2.37. The van der Waals surface area contributed by atoms with Gasteiger partial charge in [0, 0.05) is 25.0 Å². The third kappa shape index (κ3) is 8.38. The van der Waals surface area contributed by atoms with E-state index in [-0.39, 0.29) is 41.0 Å². The monoisotopic (exact) mass is 718 g/mol. The Morgan fingerprint density at radius 2 is 1.43 bits per heavy atom. The summed E-state index contributed by atoms with van der Waals surface area (Å²) in [6.45, 7) is 23.7. The average Bonchev–Trinajstić information content (AvgIpc) is 3.21. The number of hydrogen-bond donors (Lipinski definition) is 6. The van der Waals surface area contributed by atoms with Crippen molar-refractivity contribution in [3.63, 3.8) is 0 Å². The first kappa shape index (κ1) is 42.2. The van der Waals surface area contributed by atoms with Gasteiger partial charge in [0.05, 0.1) is 17.6 Å². The lowest BCUT2D eigenvalue weighted by atomic mass is 9.73. The molecule has 2 saturated carbocycles. The molecule has 6 amide bonds. The summed E-state index contributed by atoms with van der Waals surface area (Å²) in [6.07, 6.45) is 5.12. The normalized spacial score (nSPS) is 23.8. The number of fused-ring (bicyclic) bond motifs is 1. The van der Waals surface area contributed by atoms with Crippen molar-refractivity contribution < 1.29 is 28.8 Å². The van der Waals surface area contributed by atoms with Crippen LogP contribution in [0.3, 0.4) is 0 Å². The molecule has 1 heterocycles. The van der Waals surface area contributed by atoms with Gasteiger partial charge in [-0.25, -0.2) is 4.79 Å². The topological polar surface area (TPSA) is 192 Å². The minimum Gasteiger partial charge on any atom is -0.352 e. The molecule has 3 rings (SSSR count). The number of Topliss-reactive ketones (excluding diaryl/α,β-unsaturated/α-hetero) is 1. The summed E-state index contributed by atoms with van der Waals surface area (Å²) in [6, 6.07) is -3.97. The first-order valence-corrected chi connectivity index (χ1v) is 18.9. The van der Waals surface area contributed by atoms with E-state index in [9.17, 15) is 28.8 Å². The standard InChI is InChI=1S/C38H67N7O6/c1-13-16-23(26(46)29(48)40-19-14-2)42-28(47)24-20-38(36(11,12)37(38)17-15-18-37)22-45(24)30(49)27(34(6,7)8)44-32(51)43-25(33(3,4)5)21-41-31(50)35(9,10)39/h23-25,27H,13-22,39H2,1-12H3,(H,40,48)(H,41,50)(H,42,47)(H2,43,44,51)/t23-,24-,25+,27+,38+/m0/s1. The molecular weight excluding hydrogens is 650 g/mol. The van der Waals surface area contributed by atoms with Crippen molar-refractivity contribution >= 4 is 35.4 Å². The van der Waals surface area contributed by atoms with E-state index >= 15 is 0 Å². The van der Waals surface area contributed by atoms with Gasteiger partial charge < -0.3 is 37.2 Å². The van der Waals surface area contributed by atoms with Crippen molar-refractivity contribution in [1.82, 2.24) is 31.5 Å². The third-order valence-electron chi connectivity index (χ3n) is 12.2. The van der Waals surface area contributed by atoms with Gasteiger partial charge in [-0.1, -0.05) is 82.1 Å². The number of nitrogens with two attached hydrogens (primary N) is 1. The Balaban J connectivity index is 1.91. The van der Waals surface area contributed by atoms with Crippen LogP contribution in [0.25, 0.3) is 0 Å². The van der Waals surface area contributed by atoms with Gasteiger partial charge in [0.1, 0.15) is 12.1 Å². The molecule has 13 heteroatoms. The van der Waals surface area contributed by atoms with E-state index in [0.29, 0.717) is 32.4 Å². The molecular formula is C38H67N7O6. The van der Waals surface area contributed by atoms with Crippen LogP contribution in [-0.4, -0.2) is 89.7 Å². The van der Waals surface area contributed by atoms with Gasteiger partial charge in [0.25, 0.3) is 5.91 Å². The molecule has 1 aliphatic heterocycles. The van der Waals surface area contributed by atoms with E-state index in [1.54, 1.807) is 18.7 Å². The molecule has 3 aliphatic rings. The van der Waals surface area contributed by atoms with Crippen LogP contribution in [0.1, 0.15) is 128 Å². The number of likely N-dealkylation sites (tertiary alicyclic amines) is 1. The third-order valence-corrected chi connectivity index (χ3v) is 12.2. The molecule has 0 aromatic heterocycles. The van der Waals surface area contributed by atoms with Crippen molar-refractivity contribution in [2.75, 3.05) is 19.6 Å². The number of ketones is 1. The summed E-state index contributed by atoms with van der Waals surface area (Å²) in [4.78, 5) is 82.6. The molecule has 0 unspecified atom stereocenters. The summed E-state index contributed by atoms with van der Waals surface area (Å²) in [5.41, 5.74) is 3.30. The summed E-state index contributed by atoms with van der Waals surface area (Å²) >= 11 is 0. The molecule has 2 spiro atoms. The van der Waals surface area contributed by atoms with Crippen molar-refractivity contribution in [3.05, 3.63) is 0 Å². The summed E-state index contributed by atoms with van der Waals surface area (Å²) in [5, 5.41) is 14.2. The molecule has 0 aromatic rings. The minimum atomic E-state index is -1.09. The molecule has 3 fully saturated rings. The fraction of sp³-hybridized carbons (Fsp3) is 0.842. The molecule has 51 heavy (non-hydrogen) atoms. The maximum absolute atomic E-state index is 14.8. The van der Waals surface area contributed by atoms with Gasteiger partial charge in [-0.2, -0.15) is 0 Å². The van der Waals surface area contributed by atoms with E-state index in [2.05, 4.69) is 40.4 Å². The number of hydrogen-bond acceptors (Lipinski definition) is 7. The maximum atomic E-state index is 14.8. The van der Waals surface area contributed by atoms with Crippen molar-refractivity contribution in [2.24, 2.45) is 32.8 Å². The Morgan fingerprint density at radius 1 is 0.824 bits per heavy atom. The van der Waals surface area contributed by atoms with Crippen LogP contribution < -0.4 is 32.3 Å². The van der Waals surface area contributed by atoms with Crippen LogP contribution in [0.4, 0.5) is 4.79 Å². The predicted molar refractivity (Wildman–Crippen MR) is 197 cm³/mol. The van der Waals surface area contributed by atoms with Gasteiger partial charge in [0.2, 0.25) is 23.5 Å². The highest BCUT2D eigenvalue weighted by Crippen LogP contribution is 2.88. The highest BCUT2D eigenvalue weighted by atomic mass is 16.2. The number of rotatable bonds is 14. The molecule has 1 saturated heterocycles. The molecule has 5 atom stereocenters. The van der Waals surface area contributed by atoms with Gasteiger partial charge in [0.15, 0.2) is 0 Å². The summed E-state index contributed by atoms with van der Waals surface area (Å²) in [5.74, 6) is -2.62. The lowest BCUT2D eigenvalue weighted by Crippen LogP contribution is -2.62. The number of nitrogens with zero attached hydrogens (tertiary/aromatic N) is 1. The Hall–Kier alpha value is -3.22. The van der Waals surface area contributed by atoms with Gasteiger partial charge >= 0.3 is 6.03 Å². The Kier molecular flexibility index (Phi) is 12.4. The molecule has 2 aliphatic carbocycles. The summed E-state index contributed by atoms with van der Waals surface area (Å²) < 4.78 is 0. The Morgan fingerprint density at radius 3 is 1.88 bits per heavy atom. The van der Waals surface area contributed by atoms with Crippen molar-refractivity contribution in [1.29, 1.82) is 0 Å². The SMILES string of the molecule is CCCNC(=O)C(=O)[C@H](CCC)NC(=O)[C@@H]1C[C@@]2(CN1C(=O)[C@@H](NC(=O)N[C@H](CNC(=O)C(C)(C)N)C(C)(C)C)C(C)(C)C)C(C)(C)C21CCC1. The zero-order valence-electron chi connectivity index (χ0n) is 33.4. The van der Waals surface area contributed by atoms with Crippen LogP contribution >= 0.6 is 0 Å². The predicted octanol–water partition coefficient (Wildman–Crippen LogP) is 3.15. The lowest BCUT2D eigenvalue weighted by molar-refractivity contribution is -0.143. The molecule has 13 nitrogen and oxygen atoms in total. The van der Waals surface area contributed by atoms with E-state index in [1.165, 1.54) is 0 Å². The number of carbonyl (C=O) groups is 6. The van der Waals surface area contributed by atoms with Crippen LogP contribution in [0.15, 0.2) is 0 Å². The van der Waals surface area contributed by atoms with Gasteiger partial charge in [-0.05, 0) is 67.6 Å². The first-order chi connectivity index (χ1) is 23.3. The van der Waals surface area contributed by atoms with E-state index in [4.69, 9.17) is 5.73 Å². The van der Waals surface area contributed by atoms with Crippen LogP contribution in [0.5, 0.6) is 0 Å². The first-order valence-electron chi connectivity index (χ1n) is 18.9. The number of carbonyl (C=O) groups excluding carboxylic acids is 6. The van der Waals surface area contributed by atoms with Gasteiger partial charge in [-0.15, -0.1) is 0 Å². The van der Waals surface area contributed by atoms with Gasteiger partial charge in [-0.3, -0.25) is 24.0 Å². The number of urea groups is 1. The average molecular weight is 718 g/mol. The molecule has 0 bridgehead atoms. The van der Waals surface area contributed by atoms with Crippen LogP contribution in [0, 0.1) is 27.1 Å². The molecule has 0 radical (unpaired) electrons. The quantitative estimate of drug-likeness (QED) is 0.149. The zero-order valence-corrected chi connectivity index (χ0v) is 33.4. The second kappa shape index (κ2) is 15.0. The minimum absolute atomic E-state index is 0.0245. The van der Waals surface area contributed by atoms with E-state index in [1.807, 2.05) is 55.4 Å². The molecule has 7 N–H and O–H groups in total. The second-order valence-electron chi connectivity index (χ2n) is 18.6. The molecule has 290 valence electrons. The highest BCUT2D eigenvalue weighted by molar-refractivity contribution is 6.38. The number of nitrogens with one attached hydrogen (secondary N) is 5. The molecule has 0 aromatic carbocycles. The Labute approximate surface area is 305 Å². The highest BCUT2D eigenvalue weighted by Gasteiger charge is 2.85. The Bertz CT molecular complexity index is 1350.